The van der Waals surface area contributed by atoms with E-state index in [0.717, 1.165) is 32.5 Å². The highest BCUT2D eigenvalue weighted by molar-refractivity contribution is 6.00. The van der Waals surface area contributed by atoms with Gasteiger partial charge in [0, 0.05) is 31.9 Å². The second-order valence-corrected chi connectivity index (χ2v) is 8.98. The van der Waals surface area contributed by atoms with Crippen molar-refractivity contribution in [1.29, 1.82) is 0 Å². The molecular weight excluding hydrogens is 408 g/mol. The molecule has 2 aliphatic heterocycles. The summed E-state index contributed by atoms with van der Waals surface area (Å²) in [5.74, 6) is -0.747. The van der Waals surface area contributed by atoms with E-state index in [1.165, 1.54) is 25.7 Å². The van der Waals surface area contributed by atoms with Crippen LogP contribution in [0.5, 0.6) is 0 Å². The molecule has 2 amide bonds. The number of nitrogens with one attached hydrogen (secondary N) is 2. The van der Waals surface area contributed by atoms with E-state index in [0.29, 0.717) is 42.1 Å². The van der Waals surface area contributed by atoms with Crippen LogP contribution in [-0.4, -0.2) is 78.4 Å². The number of hydrogen-bond donors (Lipinski definition) is 2. The Morgan fingerprint density at radius 2 is 1.78 bits per heavy atom. The smallest absolute Gasteiger partial charge is 0.340 e. The summed E-state index contributed by atoms with van der Waals surface area (Å²) >= 11 is 0. The van der Waals surface area contributed by atoms with Crippen LogP contribution in [-0.2, 0) is 9.53 Å². The van der Waals surface area contributed by atoms with Gasteiger partial charge in [-0.15, -0.1) is 0 Å². The van der Waals surface area contributed by atoms with Gasteiger partial charge in [-0.05, 0) is 65.1 Å². The zero-order chi connectivity index (χ0) is 23.1. The summed E-state index contributed by atoms with van der Waals surface area (Å²) in [5, 5.41) is 3.09. The van der Waals surface area contributed by atoms with Crippen molar-refractivity contribution < 1.29 is 19.1 Å². The molecule has 178 valence electrons. The second-order valence-electron chi connectivity index (χ2n) is 8.98. The van der Waals surface area contributed by atoms with Gasteiger partial charge in [0.2, 0.25) is 5.91 Å². The van der Waals surface area contributed by atoms with E-state index in [2.05, 4.69) is 15.2 Å². The van der Waals surface area contributed by atoms with Crippen molar-refractivity contribution >= 4 is 17.8 Å². The van der Waals surface area contributed by atoms with Gasteiger partial charge in [0.05, 0.1) is 18.1 Å². The van der Waals surface area contributed by atoms with Gasteiger partial charge >= 0.3 is 5.97 Å². The van der Waals surface area contributed by atoms with Gasteiger partial charge in [0.1, 0.15) is 5.69 Å². The molecule has 0 bridgehead atoms. The first-order valence-electron chi connectivity index (χ1n) is 12.1. The number of aromatic amines is 1. The number of carbonyl (C=O) groups is 3. The highest BCUT2D eigenvalue weighted by Gasteiger charge is 2.31. The van der Waals surface area contributed by atoms with Crippen LogP contribution in [0, 0.1) is 19.8 Å². The maximum atomic E-state index is 13.2. The van der Waals surface area contributed by atoms with Gasteiger partial charge in [-0.2, -0.15) is 0 Å². The number of rotatable bonds is 7. The van der Waals surface area contributed by atoms with E-state index in [9.17, 15) is 14.4 Å². The van der Waals surface area contributed by atoms with Crippen molar-refractivity contribution in [2.45, 2.75) is 59.3 Å². The van der Waals surface area contributed by atoms with Crippen LogP contribution in [0.25, 0.3) is 0 Å². The molecule has 2 N–H and O–H groups in total. The number of esters is 1. The summed E-state index contributed by atoms with van der Waals surface area (Å²) in [6.07, 6.45) is 6.66. The number of aromatic nitrogens is 1. The number of likely N-dealkylation sites (tertiary alicyclic amines) is 2. The third-order valence-corrected chi connectivity index (χ3v) is 6.64. The molecule has 2 aliphatic rings. The van der Waals surface area contributed by atoms with Crippen LogP contribution in [0.2, 0.25) is 0 Å². The van der Waals surface area contributed by atoms with Gasteiger partial charge in [-0.25, -0.2) is 4.79 Å². The number of H-pyrrole nitrogens is 1. The zero-order valence-corrected chi connectivity index (χ0v) is 19.8. The predicted molar refractivity (Wildman–Crippen MR) is 123 cm³/mol. The monoisotopic (exact) mass is 446 g/mol. The highest BCUT2D eigenvalue weighted by atomic mass is 16.5. The van der Waals surface area contributed by atoms with Crippen LogP contribution >= 0.6 is 0 Å². The lowest BCUT2D eigenvalue weighted by Crippen LogP contribution is -2.46. The van der Waals surface area contributed by atoms with Gasteiger partial charge in [-0.3, -0.25) is 9.59 Å². The zero-order valence-electron chi connectivity index (χ0n) is 19.8. The van der Waals surface area contributed by atoms with Crippen LogP contribution < -0.4 is 5.32 Å². The molecule has 0 saturated carbocycles. The van der Waals surface area contributed by atoms with E-state index in [1.54, 1.807) is 25.7 Å². The Balaban J connectivity index is 1.56. The quantitative estimate of drug-likeness (QED) is 0.628. The van der Waals surface area contributed by atoms with Crippen molar-refractivity contribution in [1.82, 2.24) is 20.1 Å². The molecule has 1 aromatic rings. The van der Waals surface area contributed by atoms with Crippen molar-refractivity contribution in [3.05, 3.63) is 22.5 Å². The first-order valence-corrected chi connectivity index (χ1v) is 12.1. The lowest BCUT2D eigenvalue weighted by atomic mass is 9.96. The Labute approximate surface area is 191 Å². The summed E-state index contributed by atoms with van der Waals surface area (Å²) < 4.78 is 5.12. The molecule has 32 heavy (non-hydrogen) atoms. The van der Waals surface area contributed by atoms with Gasteiger partial charge in [0.25, 0.3) is 5.91 Å². The summed E-state index contributed by atoms with van der Waals surface area (Å²) in [6.45, 7) is 10.4. The number of aryl methyl sites for hydroxylation is 1. The minimum atomic E-state index is -0.418. The van der Waals surface area contributed by atoms with Crippen LogP contribution in [0.3, 0.4) is 0 Å². The van der Waals surface area contributed by atoms with Crippen LogP contribution in [0.15, 0.2) is 0 Å². The third-order valence-electron chi connectivity index (χ3n) is 6.64. The summed E-state index contributed by atoms with van der Waals surface area (Å²) in [4.78, 5) is 45.4. The molecule has 0 radical (unpaired) electrons. The van der Waals surface area contributed by atoms with Gasteiger partial charge in [0.15, 0.2) is 0 Å². The number of ether oxygens (including phenoxy) is 1. The molecule has 0 unspecified atom stereocenters. The lowest BCUT2D eigenvalue weighted by Gasteiger charge is -2.32. The number of nitrogens with zero attached hydrogens (tertiary/aromatic N) is 2. The third kappa shape index (κ3) is 5.91. The van der Waals surface area contributed by atoms with Gasteiger partial charge < -0.3 is 24.8 Å². The lowest BCUT2D eigenvalue weighted by molar-refractivity contribution is -0.126. The number of carbonyl (C=O) groups excluding carboxylic acids is 3. The first-order chi connectivity index (χ1) is 15.4. The van der Waals surface area contributed by atoms with E-state index in [1.807, 2.05) is 0 Å². The predicted octanol–water partition coefficient (Wildman–Crippen LogP) is 2.65. The minimum Gasteiger partial charge on any atom is -0.462 e. The molecule has 0 aliphatic carbocycles. The number of amides is 2. The van der Waals surface area contributed by atoms with Crippen LogP contribution in [0.4, 0.5) is 0 Å². The van der Waals surface area contributed by atoms with Crippen molar-refractivity contribution in [2.75, 3.05) is 45.9 Å². The second kappa shape index (κ2) is 11.5. The highest BCUT2D eigenvalue weighted by Crippen LogP contribution is 2.24. The summed E-state index contributed by atoms with van der Waals surface area (Å²) in [7, 11) is 0. The molecule has 0 aromatic carbocycles. The van der Waals surface area contributed by atoms with Gasteiger partial charge in [-0.1, -0.05) is 12.8 Å². The van der Waals surface area contributed by atoms with E-state index < -0.39 is 5.97 Å². The molecule has 3 heterocycles. The molecule has 8 nitrogen and oxygen atoms in total. The van der Waals surface area contributed by atoms with Crippen molar-refractivity contribution in [3.8, 4) is 0 Å². The molecule has 0 spiro atoms. The number of piperidine rings is 1. The Kier molecular flexibility index (Phi) is 8.73. The van der Waals surface area contributed by atoms with Crippen molar-refractivity contribution in [2.24, 2.45) is 5.92 Å². The summed E-state index contributed by atoms with van der Waals surface area (Å²) in [5.41, 5.74) is 2.07. The van der Waals surface area contributed by atoms with E-state index in [4.69, 9.17) is 4.74 Å². The molecule has 3 rings (SSSR count). The average Bonchev–Trinajstić information content (AvgIpc) is 2.94. The molecule has 2 saturated heterocycles. The normalized spacial score (nSPS) is 20.0. The average molecular weight is 447 g/mol. The molecular formula is C24H38N4O4. The fourth-order valence-electron chi connectivity index (χ4n) is 4.85. The molecule has 1 atom stereocenters. The molecule has 8 heteroatoms. The first kappa shape index (κ1) is 24.3. The Morgan fingerprint density at radius 3 is 2.47 bits per heavy atom. The Morgan fingerprint density at radius 1 is 1.06 bits per heavy atom. The Hall–Kier alpha value is -2.35. The summed E-state index contributed by atoms with van der Waals surface area (Å²) in [6, 6.07) is 0. The Bertz CT molecular complexity index is 811. The number of hydrogen-bond acceptors (Lipinski definition) is 5. The standard InChI is InChI=1S/C24H38N4O4/c1-4-32-24(31)20-17(2)21(26-18(20)3)23(30)28-14-9-10-19(16-28)22(29)25-11-15-27-12-7-5-6-8-13-27/h19,26H,4-16H2,1-3H3,(H,25,29)/t19-/m0/s1. The van der Waals surface area contributed by atoms with E-state index in [-0.39, 0.29) is 24.3 Å². The van der Waals surface area contributed by atoms with Crippen LogP contribution in [0.1, 0.15) is 77.6 Å². The fourth-order valence-corrected chi connectivity index (χ4v) is 4.85. The molecule has 2 fully saturated rings. The maximum absolute atomic E-state index is 13.2. The maximum Gasteiger partial charge on any atom is 0.340 e. The van der Waals surface area contributed by atoms with Crippen molar-refractivity contribution in [3.63, 3.8) is 0 Å². The topological polar surface area (TPSA) is 94.7 Å². The minimum absolute atomic E-state index is 0.0314. The van der Waals surface area contributed by atoms with E-state index >= 15 is 0 Å². The molecule has 1 aromatic heterocycles. The SMILES string of the molecule is CCOC(=O)c1c(C)[nH]c(C(=O)N2CCC[C@H](C(=O)NCCN3CCCCCC3)C2)c1C. The largest absolute Gasteiger partial charge is 0.462 e. The fraction of sp³-hybridized carbons (Fsp3) is 0.708.